The van der Waals surface area contributed by atoms with Crippen molar-refractivity contribution in [3.05, 3.63) is 11.8 Å². The van der Waals surface area contributed by atoms with Crippen molar-refractivity contribution in [3.8, 4) is 0 Å². The van der Waals surface area contributed by atoms with Crippen LogP contribution in [0.15, 0.2) is 11.8 Å². The lowest BCUT2D eigenvalue weighted by molar-refractivity contribution is 0.0489. The Morgan fingerprint density at radius 1 is 1.30 bits per heavy atom. The largest absolute Gasteiger partial charge is 0.497 e. The van der Waals surface area contributed by atoms with Gasteiger partial charge in [0, 0.05) is 5.54 Å². The third-order valence-electron chi connectivity index (χ3n) is 4.67. The molecule has 0 radical (unpaired) electrons. The molecule has 0 spiro atoms. The molecular formula is C17H34N2O. The minimum Gasteiger partial charge on any atom is -0.497 e. The molecule has 1 aliphatic heterocycles. The van der Waals surface area contributed by atoms with Gasteiger partial charge in [-0.3, -0.25) is 4.90 Å². The molecule has 0 aromatic heterocycles. The van der Waals surface area contributed by atoms with Gasteiger partial charge in [-0.15, -0.1) is 0 Å². The van der Waals surface area contributed by atoms with E-state index in [2.05, 4.69) is 50.9 Å². The Balaban J connectivity index is 3.01. The molecule has 0 fully saturated rings. The van der Waals surface area contributed by atoms with E-state index in [1.54, 1.807) is 0 Å². The highest BCUT2D eigenvalue weighted by Crippen LogP contribution is 2.30. The van der Waals surface area contributed by atoms with Crippen LogP contribution in [-0.2, 0) is 4.74 Å². The summed E-state index contributed by atoms with van der Waals surface area (Å²) in [7, 11) is 0. The topological polar surface area (TPSA) is 24.5 Å². The molecule has 3 nitrogen and oxygen atoms in total. The van der Waals surface area contributed by atoms with Gasteiger partial charge < -0.3 is 10.1 Å². The molecule has 1 aliphatic rings. The third kappa shape index (κ3) is 3.98. The van der Waals surface area contributed by atoms with E-state index in [4.69, 9.17) is 4.74 Å². The van der Waals surface area contributed by atoms with Crippen LogP contribution >= 0.6 is 0 Å². The Morgan fingerprint density at radius 3 is 2.45 bits per heavy atom. The summed E-state index contributed by atoms with van der Waals surface area (Å²) in [5, 5.41) is 3.74. The Bertz CT molecular complexity index is 299. The van der Waals surface area contributed by atoms with Crippen LogP contribution in [0.4, 0.5) is 0 Å². The maximum atomic E-state index is 6.00. The fourth-order valence-electron chi connectivity index (χ4n) is 3.25. The quantitative estimate of drug-likeness (QED) is 0.700. The first-order chi connectivity index (χ1) is 9.63. The molecule has 2 atom stereocenters. The van der Waals surface area contributed by atoms with Crippen LogP contribution in [0, 0.1) is 0 Å². The van der Waals surface area contributed by atoms with Gasteiger partial charge in [-0.05, 0) is 58.3 Å². The van der Waals surface area contributed by atoms with Gasteiger partial charge in [0.2, 0.25) is 0 Å². The number of likely N-dealkylation sites (N-methyl/N-ethyl adjacent to an activating group) is 1. The summed E-state index contributed by atoms with van der Waals surface area (Å²) in [6.45, 7) is 15.5. The zero-order valence-corrected chi connectivity index (χ0v) is 14.2. The van der Waals surface area contributed by atoms with Gasteiger partial charge in [0.05, 0.1) is 12.6 Å². The first-order valence-corrected chi connectivity index (χ1v) is 8.45. The molecular weight excluding hydrogens is 248 g/mol. The van der Waals surface area contributed by atoms with Crippen LogP contribution in [0.3, 0.4) is 0 Å². The van der Waals surface area contributed by atoms with E-state index in [0.29, 0.717) is 6.04 Å². The molecule has 3 heteroatoms. The van der Waals surface area contributed by atoms with Crippen LogP contribution in [0.1, 0.15) is 60.3 Å². The molecule has 0 amide bonds. The molecule has 0 aliphatic carbocycles. The van der Waals surface area contributed by atoms with Crippen molar-refractivity contribution in [1.29, 1.82) is 0 Å². The number of nitrogens with zero attached hydrogens (tertiary/aromatic N) is 1. The number of hydrogen-bond acceptors (Lipinski definition) is 3. The van der Waals surface area contributed by atoms with Crippen molar-refractivity contribution in [2.24, 2.45) is 0 Å². The second-order valence-corrected chi connectivity index (χ2v) is 5.87. The summed E-state index contributed by atoms with van der Waals surface area (Å²) < 4.78 is 6.00. The third-order valence-corrected chi connectivity index (χ3v) is 4.67. The van der Waals surface area contributed by atoms with Crippen molar-refractivity contribution >= 4 is 0 Å². The van der Waals surface area contributed by atoms with Crippen LogP contribution in [0.2, 0.25) is 0 Å². The molecule has 20 heavy (non-hydrogen) atoms. The highest BCUT2D eigenvalue weighted by Gasteiger charge is 2.39. The highest BCUT2D eigenvalue weighted by atomic mass is 16.5. The highest BCUT2D eigenvalue weighted by molar-refractivity contribution is 5.15. The van der Waals surface area contributed by atoms with Gasteiger partial charge in [0.25, 0.3) is 0 Å². The van der Waals surface area contributed by atoms with Gasteiger partial charge >= 0.3 is 0 Å². The van der Waals surface area contributed by atoms with E-state index in [1.807, 2.05) is 0 Å². The maximum absolute atomic E-state index is 6.00. The average Bonchev–Trinajstić information content (AvgIpc) is 2.49. The number of hydrogen-bond donors (Lipinski definition) is 1. The molecule has 0 aromatic carbocycles. The van der Waals surface area contributed by atoms with Crippen LogP contribution in [0.25, 0.3) is 0 Å². The fourth-order valence-corrected chi connectivity index (χ4v) is 3.25. The molecule has 0 aromatic rings. The standard InChI is InChI=1S/C17H34N2O/c1-6-13-18-16(15-12-10-11-14-20-15)17(5,7-2)19(8-3)9-4/h12,16,18H,6-11,13-14H2,1-5H3. The number of ether oxygens (including phenoxy) is 1. The summed E-state index contributed by atoms with van der Waals surface area (Å²) in [6.07, 6.45) is 6.88. The SMILES string of the molecule is CCCNC(C1=CCCCO1)C(C)(CC)N(CC)CC. The lowest BCUT2D eigenvalue weighted by atomic mass is 9.84. The molecule has 118 valence electrons. The summed E-state index contributed by atoms with van der Waals surface area (Å²) in [4.78, 5) is 2.57. The monoisotopic (exact) mass is 282 g/mol. The Morgan fingerprint density at radius 2 is 2.00 bits per heavy atom. The van der Waals surface area contributed by atoms with Crippen molar-refractivity contribution < 1.29 is 4.74 Å². The van der Waals surface area contributed by atoms with Crippen molar-refractivity contribution in [1.82, 2.24) is 10.2 Å². The lowest BCUT2D eigenvalue weighted by Crippen LogP contribution is -2.60. The maximum Gasteiger partial charge on any atom is 0.111 e. The number of nitrogens with one attached hydrogen (secondary N) is 1. The molecule has 0 bridgehead atoms. The van der Waals surface area contributed by atoms with Crippen molar-refractivity contribution in [3.63, 3.8) is 0 Å². The Labute approximate surface area is 125 Å². The van der Waals surface area contributed by atoms with E-state index in [0.717, 1.165) is 51.9 Å². The minimum atomic E-state index is 0.113. The van der Waals surface area contributed by atoms with E-state index in [9.17, 15) is 0 Å². The summed E-state index contributed by atoms with van der Waals surface area (Å²) in [6, 6.07) is 0.299. The first kappa shape index (κ1) is 17.5. The number of allylic oxidation sites excluding steroid dienone is 1. The summed E-state index contributed by atoms with van der Waals surface area (Å²) in [5.41, 5.74) is 0.113. The van der Waals surface area contributed by atoms with Crippen molar-refractivity contribution in [2.45, 2.75) is 71.9 Å². The Kier molecular flexibility index (Phi) is 7.60. The summed E-state index contributed by atoms with van der Waals surface area (Å²) in [5.74, 6) is 1.17. The van der Waals surface area contributed by atoms with Crippen LogP contribution < -0.4 is 5.32 Å². The van der Waals surface area contributed by atoms with Gasteiger partial charge in [-0.2, -0.15) is 0 Å². The predicted octanol–water partition coefficient (Wildman–Crippen LogP) is 3.56. The fraction of sp³-hybridized carbons (Fsp3) is 0.882. The first-order valence-electron chi connectivity index (χ1n) is 8.45. The molecule has 1 N–H and O–H groups in total. The van der Waals surface area contributed by atoms with Crippen LogP contribution in [-0.4, -0.2) is 42.7 Å². The van der Waals surface area contributed by atoms with Crippen molar-refractivity contribution in [2.75, 3.05) is 26.2 Å². The van der Waals surface area contributed by atoms with Gasteiger partial charge in [-0.1, -0.05) is 27.7 Å². The number of rotatable bonds is 9. The second-order valence-electron chi connectivity index (χ2n) is 5.87. The second kappa shape index (κ2) is 8.68. The van der Waals surface area contributed by atoms with Crippen LogP contribution in [0.5, 0.6) is 0 Å². The average molecular weight is 282 g/mol. The summed E-state index contributed by atoms with van der Waals surface area (Å²) >= 11 is 0. The molecule has 0 saturated heterocycles. The van der Waals surface area contributed by atoms with Gasteiger partial charge in [0.15, 0.2) is 0 Å². The normalized spacial score (nSPS) is 20.2. The van der Waals surface area contributed by atoms with E-state index in [-0.39, 0.29) is 5.54 Å². The molecule has 1 rings (SSSR count). The Hall–Kier alpha value is -0.540. The van der Waals surface area contributed by atoms with Gasteiger partial charge in [-0.25, -0.2) is 0 Å². The van der Waals surface area contributed by atoms with Gasteiger partial charge in [0.1, 0.15) is 5.76 Å². The molecule has 0 saturated carbocycles. The van der Waals surface area contributed by atoms with E-state index < -0.39 is 0 Å². The smallest absolute Gasteiger partial charge is 0.111 e. The zero-order chi connectivity index (χ0) is 15.0. The van der Waals surface area contributed by atoms with E-state index >= 15 is 0 Å². The minimum absolute atomic E-state index is 0.113. The molecule has 1 heterocycles. The lowest BCUT2D eigenvalue weighted by Gasteiger charge is -2.47. The molecule has 2 unspecified atom stereocenters. The van der Waals surface area contributed by atoms with E-state index in [1.165, 1.54) is 5.76 Å². The zero-order valence-electron chi connectivity index (χ0n) is 14.2. The predicted molar refractivity (Wildman–Crippen MR) is 87.0 cm³/mol.